The number of aliphatic hydroxyl groups excluding tert-OH is 1. The van der Waals surface area contributed by atoms with Gasteiger partial charge < -0.3 is 9.67 Å². The molecule has 0 saturated heterocycles. The summed E-state index contributed by atoms with van der Waals surface area (Å²) in [7, 11) is -3.61. The number of aliphatic hydroxyl groups is 1. The van der Waals surface area contributed by atoms with Crippen molar-refractivity contribution in [2.75, 3.05) is 4.72 Å². The lowest BCUT2D eigenvalue weighted by Crippen LogP contribution is -2.40. The zero-order valence-corrected chi connectivity index (χ0v) is 15.7. The van der Waals surface area contributed by atoms with E-state index in [2.05, 4.69) is 28.3 Å². The summed E-state index contributed by atoms with van der Waals surface area (Å²) in [4.78, 5) is 0. The molecule has 0 spiro atoms. The normalized spacial score (nSPS) is 21.3. The maximum atomic E-state index is 12.8. The number of anilines is 1. The Labute approximate surface area is 153 Å². The smallest absolute Gasteiger partial charge is 0.238 e. The van der Waals surface area contributed by atoms with Crippen molar-refractivity contribution in [2.45, 2.75) is 50.5 Å². The third-order valence-electron chi connectivity index (χ3n) is 5.41. The molecule has 1 aliphatic rings. The van der Waals surface area contributed by atoms with Crippen LogP contribution in [0.2, 0.25) is 0 Å². The van der Waals surface area contributed by atoms with Crippen molar-refractivity contribution in [3.63, 3.8) is 0 Å². The van der Waals surface area contributed by atoms with Gasteiger partial charge in [0.25, 0.3) is 0 Å². The van der Waals surface area contributed by atoms with Crippen molar-refractivity contribution in [1.82, 2.24) is 4.57 Å². The highest BCUT2D eigenvalue weighted by Gasteiger charge is 2.34. The fourth-order valence-corrected chi connectivity index (χ4v) is 5.77. The second-order valence-corrected chi connectivity index (χ2v) is 8.93. The van der Waals surface area contributed by atoms with Crippen molar-refractivity contribution >= 4 is 37.5 Å². The van der Waals surface area contributed by atoms with Gasteiger partial charge in [0.1, 0.15) is 5.25 Å². The van der Waals surface area contributed by atoms with Crippen LogP contribution in [-0.2, 0) is 16.6 Å². The molecule has 26 heavy (non-hydrogen) atoms. The highest BCUT2D eigenvalue weighted by atomic mass is 32.2. The first-order chi connectivity index (χ1) is 12.5. The van der Waals surface area contributed by atoms with Crippen LogP contribution < -0.4 is 4.72 Å². The van der Waals surface area contributed by atoms with E-state index < -0.39 is 21.4 Å². The van der Waals surface area contributed by atoms with E-state index in [9.17, 15) is 13.5 Å². The molecule has 0 amide bonds. The van der Waals surface area contributed by atoms with Crippen molar-refractivity contribution in [2.24, 2.45) is 0 Å². The predicted molar refractivity (Wildman–Crippen MR) is 106 cm³/mol. The number of nitrogens with zero attached hydrogens (tertiary/aromatic N) is 1. The van der Waals surface area contributed by atoms with Crippen molar-refractivity contribution in [1.29, 1.82) is 0 Å². The molecule has 1 heterocycles. The Morgan fingerprint density at radius 2 is 1.81 bits per heavy atom. The first-order valence-electron chi connectivity index (χ1n) is 9.22. The Bertz CT molecular complexity index is 1060. The largest absolute Gasteiger partial charge is 0.392 e. The summed E-state index contributed by atoms with van der Waals surface area (Å²) in [6.45, 7) is 2.95. The summed E-state index contributed by atoms with van der Waals surface area (Å²) in [6.07, 6.45) is 2.00. The average molecular weight is 372 g/mol. The van der Waals surface area contributed by atoms with Crippen LogP contribution >= 0.6 is 0 Å². The molecule has 3 aromatic rings. The van der Waals surface area contributed by atoms with Gasteiger partial charge in [-0.3, -0.25) is 4.72 Å². The standard InChI is InChI=1S/C20H24N2O3S/c1-2-22-17-8-4-3-7-15(17)16-13-14(11-12-18(16)22)21-26(24,25)20-10-6-5-9-19(20)23/h3-4,7-8,11-13,19-21,23H,2,5-6,9-10H2,1H3. The number of hydrogen-bond acceptors (Lipinski definition) is 3. The second-order valence-electron chi connectivity index (χ2n) is 7.03. The second kappa shape index (κ2) is 6.59. The Morgan fingerprint density at radius 3 is 2.58 bits per heavy atom. The van der Waals surface area contributed by atoms with Crippen LogP contribution in [0.1, 0.15) is 32.6 Å². The number of para-hydroxylation sites is 1. The molecular weight excluding hydrogens is 348 g/mol. The molecule has 0 aliphatic heterocycles. The van der Waals surface area contributed by atoms with E-state index in [4.69, 9.17) is 0 Å². The van der Waals surface area contributed by atoms with Crippen molar-refractivity contribution in [3.8, 4) is 0 Å². The average Bonchev–Trinajstić information content (AvgIpc) is 2.95. The van der Waals surface area contributed by atoms with Gasteiger partial charge in [-0.2, -0.15) is 0 Å². The number of sulfonamides is 1. The van der Waals surface area contributed by atoms with E-state index in [1.807, 2.05) is 24.3 Å². The van der Waals surface area contributed by atoms with Gasteiger partial charge in [-0.05, 0) is 44.0 Å². The molecule has 0 radical (unpaired) electrons. The minimum atomic E-state index is -3.61. The molecular formula is C20H24N2O3S. The summed E-state index contributed by atoms with van der Waals surface area (Å²) < 4.78 is 30.4. The molecule has 6 heteroatoms. The fraction of sp³-hybridized carbons (Fsp3) is 0.400. The van der Waals surface area contributed by atoms with E-state index in [1.165, 1.54) is 0 Å². The van der Waals surface area contributed by atoms with Crippen LogP contribution in [0.15, 0.2) is 42.5 Å². The molecule has 1 saturated carbocycles. The monoisotopic (exact) mass is 372 g/mol. The minimum absolute atomic E-state index is 0.508. The quantitative estimate of drug-likeness (QED) is 0.730. The topological polar surface area (TPSA) is 71.3 Å². The Balaban J connectivity index is 1.75. The highest BCUT2D eigenvalue weighted by molar-refractivity contribution is 7.93. The van der Waals surface area contributed by atoms with Crippen molar-refractivity contribution in [3.05, 3.63) is 42.5 Å². The molecule has 5 nitrogen and oxygen atoms in total. The summed E-state index contributed by atoms with van der Waals surface area (Å²) >= 11 is 0. The predicted octanol–water partition coefficient (Wildman–Crippen LogP) is 3.86. The van der Waals surface area contributed by atoms with Gasteiger partial charge in [0.2, 0.25) is 10.0 Å². The van der Waals surface area contributed by atoms with Gasteiger partial charge in [-0.25, -0.2) is 8.42 Å². The first kappa shape index (κ1) is 17.4. The van der Waals surface area contributed by atoms with Crippen molar-refractivity contribution < 1.29 is 13.5 Å². The number of nitrogens with one attached hydrogen (secondary N) is 1. The van der Waals surface area contributed by atoms with Crippen LogP contribution in [0.3, 0.4) is 0 Å². The van der Waals surface area contributed by atoms with Gasteiger partial charge in [-0.1, -0.05) is 31.0 Å². The zero-order valence-electron chi connectivity index (χ0n) is 14.9. The van der Waals surface area contributed by atoms with Gasteiger partial charge in [0.05, 0.1) is 6.10 Å². The van der Waals surface area contributed by atoms with E-state index in [-0.39, 0.29) is 0 Å². The van der Waals surface area contributed by atoms with E-state index >= 15 is 0 Å². The molecule has 1 aromatic heterocycles. The third-order valence-corrected chi connectivity index (χ3v) is 7.28. The molecule has 1 aliphatic carbocycles. The minimum Gasteiger partial charge on any atom is -0.392 e. The van der Waals surface area contributed by atoms with Crippen LogP contribution in [0.4, 0.5) is 5.69 Å². The maximum absolute atomic E-state index is 12.8. The summed E-state index contributed by atoms with van der Waals surface area (Å²) in [6, 6.07) is 13.8. The summed E-state index contributed by atoms with van der Waals surface area (Å²) in [5, 5.41) is 11.5. The number of aromatic nitrogens is 1. The Kier molecular flexibility index (Phi) is 4.40. The van der Waals surface area contributed by atoms with Crippen LogP contribution in [-0.4, -0.2) is 29.4 Å². The van der Waals surface area contributed by atoms with Gasteiger partial charge in [-0.15, -0.1) is 0 Å². The maximum Gasteiger partial charge on any atom is 0.238 e. The Morgan fingerprint density at radius 1 is 1.08 bits per heavy atom. The van der Waals surface area contributed by atoms with Gasteiger partial charge in [0, 0.05) is 34.0 Å². The van der Waals surface area contributed by atoms with Crippen LogP contribution in [0, 0.1) is 0 Å². The Hall–Kier alpha value is -2.05. The molecule has 0 bridgehead atoms. The first-order valence-corrected chi connectivity index (χ1v) is 10.8. The molecule has 2 aromatic carbocycles. The lowest BCUT2D eigenvalue weighted by molar-refractivity contribution is 0.133. The molecule has 4 rings (SSSR count). The molecule has 1 fully saturated rings. The summed E-state index contributed by atoms with van der Waals surface area (Å²) in [5.74, 6) is 0. The zero-order chi connectivity index (χ0) is 18.3. The molecule has 2 atom stereocenters. The highest BCUT2D eigenvalue weighted by Crippen LogP contribution is 2.32. The summed E-state index contributed by atoms with van der Waals surface area (Å²) in [5.41, 5.74) is 2.79. The molecule has 2 unspecified atom stereocenters. The van der Waals surface area contributed by atoms with Gasteiger partial charge >= 0.3 is 0 Å². The SMILES string of the molecule is CCn1c2ccccc2c2cc(NS(=O)(=O)C3CCCCC3O)ccc21. The van der Waals surface area contributed by atoms with E-state index in [1.54, 1.807) is 6.07 Å². The third kappa shape index (κ3) is 2.87. The number of fused-ring (bicyclic) bond motifs is 3. The molecule has 138 valence electrons. The van der Waals surface area contributed by atoms with Crippen LogP contribution in [0.25, 0.3) is 21.8 Å². The number of rotatable bonds is 4. The lowest BCUT2D eigenvalue weighted by Gasteiger charge is -2.27. The number of hydrogen-bond donors (Lipinski definition) is 2. The number of benzene rings is 2. The van der Waals surface area contributed by atoms with E-state index in [0.29, 0.717) is 18.5 Å². The van der Waals surface area contributed by atoms with Gasteiger partial charge in [0.15, 0.2) is 0 Å². The number of aryl methyl sites for hydroxylation is 1. The fourth-order valence-electron chi connectivity index (χ4n) is 4.14. The molecule has 2 N–H and O–H groups in total. The lowest BCUT2D eigenvalue weighted by atomic mass is 9.97. The van der Waals surface area contributed by atoms with E-state index in [0.717, 1.165) is 41.2 Å². The van der Waals surface area contributed by atoms with Crippen LogP contribution in [0.5, 0.6) is 0 Å².